The second kappa shape index (κ2) is 12.9. The monoisotopic (exact) mass is 800 g/mol. The second-order valence-corrected chi connectivity index (χ2v) is 17.1. The summed E-state index contributed by atoms with van der Waals surface area (Å²) in [4.78, 5) is 0. The number of hydrogen-bond acceptors (Lipinski definition) is 2. The van der Waals surface area contributed by atoms with Gasteiger partial charge in [0.25, 0.3) is 0 Å². The molecule has 2 nitrogen and oxygen atoms in total. The van der Waals surface area contributed by atoms with Crippen molar-refractivity contribution in [3.05, 3.63) is 241 Å². The Balaban J connectivity index is 0.990. The average molecular weight is 801 g/mol. The first-order valence-corrected chi connectivity index (χ1v) is 21.7. The summed E-state index contributed by atoms with van der Waals surface area (Å²) in [6.45, 7) is 0. The maximum absolute atomic E-state index is 6.70. The number of benzene rings is 11. The Bertz CT molecular complexity index is 3980. The van der Waals surface area contributed by atoms with E-state index in [0.29, 0.717) is 0 Å². The lowest BCUT2D eigenvalue weighted by atomic mass is 9.66. The fraction of sp³-hybridized carbons (Fsp3) is 0.0164. The molecule has 14 rings (SSSR count). The largest absolute Gasteiger partial charge is 0.455 e. The highest BCUT2D eigenvalue weighted by molar-refractivity contribution is 6.17. The topological polar surface area (TPSA) is 26.3 Å². The summed E-state index contributed by atoms with van der Waals surface area (Å²) in [7, 11) is 0. The molecule has 13 aromatic rings. The summed E-state index contributed by atoms with van der Waals surface area (Å²) in [6, 6.07) is 80.0. The molecule has 0 N–H and O–H groups in total. The van der Waals surface area contributed by atoms with Crippen molar-refractivity contribution >= 4 is 76.2 Å². The van der Waals surface area contributed by atoms with Gasteiger partial charge < -0.3 is 8.83 Å². The Morgan fingerprint density at radius 3 is 1.32 bits per heavy atom. The van der Waals surface area contributed by atoms with Gasteiger partial charge >= 0.3 is 0 Å². The van der Waals surface area contributed by atoms with Crippen LogP contribution in [0.3, 0.4) is 0 Å². The van der Waals surface area contributed by atoms with E-state index < -0.39 is 5.41 Å². The van der Waals surface area contributed by atoms with Gasteiger partial charge in [0, 0.05) is 32.3 Å². The minimum atomic E-state index is -0.604. The molecule has 2 aromatic heterocycles. The van der Waals surface area contributed by atoms with Crippen molar-refractivity contribution in [2.45, 2.75) is 5.41 Å². The number of rotatable bonds is 4. The van der Waals surface area contributed by atoms with Crippen molar-refractivity contribution in [1.29, 1.82) is 0 Å². The number of fused-ring (bicyclic) bond motifs is 15. The van der Waals surface area contributed by atoms with E-state index in [9.17, 15) is 0 Å². The summed E-state index contributed by atoms with van der Waals surface area (Å²) in [5, 5.41) is 11.6. The third kappa shape index (κ3) is 4.83. The average Bonchev–Trinajstić information content (AvgIpc) is 4.02. The summed E-state index contributed by atoms with van der Waals surface area (Å²) in [6.07, 6.45) is 0. The number of hydrogen-bond donors (Lipinski definition) is 0. The van der Waals surface area contributed by atoms with Gasteiger partial charge in [-0.05, 0) is 126 Å². The van der Waals surface area contributed by atoms with E-state index in [1.54, 1.807) is 0 Å². The zero-order chi connectivity index (χ0) is 41.2. The van der Waals surface area contributed by atoms with Gasteiger partial charge in [0.1, 0.15) is 22.3 Å². The van der Waals surface area contributed by atoms with Crippen molar-refractivity contribution < 1.29 is 8.83 Å². The van der Waals surface area contributed by atoms with Crippen molar-refractivity contribution in [1.82, 2.24) is 0 Å². The summed E-state index contributed by atoms with van der Waals surface area (Å²) >= 11 is 0. The molecule has 63 heavy (non-hydrogen) atoms. The van der Waals surface area contributed by atoms with Gasteiger partial charge in [0.15, 0.2) is 0 Å². The van der Waals surface area contributed by atoms with Gasteiger partial charge in [-0.25, -0.2) is 0 Å². The highest BCUT2D eigenvalue weighted by Crippen LogP contribution is 2.59. The molecule has 0 aliphatic heterocycles. The van der Waals surface area contributed by atoms with Crippen LogP contribution in [0.2, 0.25) is 0 Å². The van der Waals surface area contributed by atoms with Crippen molar-refractivity contribution in [2.75, 3.05) is 0 Å². The molecular weight excluding hydrogens is 765 g/mol. The minimum absolute atomic E-state index is 0.604. The first-order valence-electron chi connectivity index (χ1n) is 21.7. The summed E-state index contributed by atoms with van der Waals surface area (Å²) < 4.78 is 13.4. The van der Waals surface area contributed by atoms with Gasteiger partial charge in [-0.3, -0.25) is 0 Å². The van der Waals surface area contributed by atoms with Crippen LogP contribution in [0.5, 0.6) is 0 Å². The van der Waals surface area contributed by atoms with Gasteiger partial charge in [0.2, 0.25) is 0 Å². The molecule has 2 heterocycles. The third-order valence-electron chi connectivity index (χ3n) is 13.9. The highest BCUT2D eigenvalue weighted by atomic mass is 16.3. The van der Waals surface area contributed by atoms with E-state index in [2.05, 4.69) is 218 Å². The number of furan rings is 2. The quantitative estimate of drug-likeness (QED) is 0.177. The maximum atomic E-state index is 6.70. The van der Waals surface area contributed by atoms with Crippen LogP contribution in [-0.2, 0) is 5.41 Å². The smallest absolute Gasteiger partial charge is 0.143 e. The van der Waals surface area contributed by atoms with E-state index in [1.807, 2.05) is 0 Å². The van der Waals surface area contributed by atoms with Gasteiger partial charge in [-0.2, -0.15) is 0 Å². The summed E-state index contributed by atoms with van der Waals surface area (Å²) in [5.74, 6) is 0. The van der Waals surface area contributed by atoms with Crippen molar-refractivity contribution in [3.8, 4) is 33.4 Å². The van der Waals surface area contributed by atoms with E-state index >= 15 is 0 Å². The van der Waals surface area contributed by atoms with Crippen LogP contribution in [0.25, 0.3) is 110 Å². The van der Waals surface area contributed by atoms with E-state index in [0.717, 1.165) is 76.9 Å². The lowest BCUT2D eigenvalue weighted by Gasteiger charge is -2.35. The lowest BCUT2D eigenvalue weighted by molar-refractivity contribution is 0.672. The van der Waals surface area contributed by atoms with Gasteiger partial charge in [0.05, 0.1) is 5.41 Å². The van der Waals surface area contributed by atoms with Gasteiger partial charge in [-0.15, -0.1) is 0 Å². The fourth-order valence-corrected chi connectivity index (χ4v) is 11.0. The Labute approximate surface area is 362 Å². The van der Waals surface area contributed by atoms with Crippen molar-refractivity contribution in [2.24, 2.45) is 0 Å². The molecule has 2 heteroatoms. The Kier molecular flexibility index (Phi) is 7.07. The van der Waals surface area contributed by atoms with E-state index in [4.69, 9.17) is 8.83 Å². The Morgan fingerprint density at radius 2 is 0.714 bits per heavy atom. The van der Waals surface area contributed by atoms with E-state index in [1.165, 1.54) is 54.9 Å². The standard InChI is InChI=1S/C61H36O2/c1-3-13-44(14-4-1)61(45-15-5-2-6-16-45)55-34-41(43-26-29-50-53-32-23-38-12-8-10-18-47(38)60(53)63-57(50)36-43)24-27-48(55)51-30-21-39-19-20-40(33-54(39)58(51)61)42-25-28-49-52-31-22-37-11-7-9-17-46(37)59(52)62-56(49)35-42/h1-36H. The highest BCUT2D eigenvalue weighted by Gasteiger charge is 2.47. The van der Waals surface area contributed by atoms with Crippen LogP contribution in [-0.4, -0.2) is 0 Å². The predicted molar refractivity (Wildman–Crippen MR) is 262 cm³/mol. The van der Waals surface area contributed by atoms with Crippen LogP contribution < -0.4 is 0 Å². The minimum Gasteiger partial charge on any atom is -0.455 e. The molecule has 0 saturated carbocycles. The first kappa shape index (κ1) is 34.5. The maximum Gasteiger partial charge on any atom is 0.143 e. The van der Waals surface area contributed by atoms with Crippen LogP contribution >= 0.6 is 0 Å². The first-order chi connectivity index (χ1) is 31.2. The molecule has 0 spiro atoms. The van der Waals surface area contributed by atoms with Crippen molar-refractivity contribution in [3.63, 3.8) is 0 Å². The SMILES string of the molecule is c1ccc(C2(c3ccccc3)c3cc(-c4ccc5c(c4)oc4c6ccccc6ccc54)ccc3-c3ccc4ccc(-c5ccc6c(c5)oc5c7ccccc7ccc65)cc4c32)cc1. The second-order valence-electron chi connectivity index (χ2n) is 17.1. The van der Waals surface area contributed by atoms with Gasteiger partial charge in [-0.1, -0.05) is 170 Å². The molecule has 1 aliphatic rings. The van der Waals surface area contributed by atoms with Crippen LogP contribution in [0, 0.1) is 0 Å². The molecule has 0 amide bonds. The van der Waals surface area contributed by atoms with Crippen LogP contribution in [0.15, 0.2) is 227 Å². The Hall–Kier alpha value is -8.20. The zero-order valence-electron chi connectivity index (χ0n) is 34.1. The zero-order valence-corrected chi connectivity index (χ0v) is 34.1. The molecule has 11 aromatic carbocycles. The third-order valence-corrected chi connectivity index (χ3v) is 13.9. The fourth-order valence-electron chi connectivity index (χ4n) is 11.0. The molecular formula is C61H36O2. The lowest BCUT2D eigenvalue weighted by Crippen LogP contribution is -2.28. The van der Waals surface area contributed by atoms with Crippen LogP contribution in [0.4, 0.5) is 0 Å². The van der Waals surface area contributed by atoms with E-state index in [-0.39, 0.29) is 0 Å². The normalized spacial score (nSPS) is 13.2. The molecule has 0 unspecified atom stereocenters. The predicted octanol–water partition coefficient (Wildman–Crippen LogP) is 16.6. The van der Waals surface area contributed by atoms with Crippen LogP contribution in [0.1, 0.15) is 22.3 Å². The molecule has 0 saturated heterocycles. The molecule has 0 fully saturated rings. The Morgan fingerprint density at radius 1 is 0.286 bits per heavy atom. The molecule has 0 atom stereocenters. The molecule has 292 valence electrons. The molecule has 0 radical (unpaired) electrons. The molecule has 0 bridgehead atoms. The summed E-state index contributed by atoms with van der Waals surface area (Å²) in [5.41, 5.74) is 15.2. The molecule has 1 aliphatic carbocycles.